The average molecular weight is 216 g/mol. The Balaban J connectivity index is 2.22. The van der Waals surface area contributed by atoms with Crippen molar-refractivity contribution in [2.45, 2.75) is 13.2 Å². The van der Waals surface area contributed by atoms with Crippen LogP contribution in [0.4, 0.5) is 0 Å². The highest BCUT2D eigenvalue weighted by Gasteiger charge is 2.00. The molecule has 0 fully saturated rings. The minimum atomic E-state index is 0.600. The van der Waals surface area contributed by atoms with Crippen molar-refractivity contribution in [1.29, 1.82) is 0 Å². The second kappa shape index (κ2) is 6.89. The van der Waals surface area contributed by atoms with Gasteiger partial charge in [-0.25, -0.2) is 4.98 Å². The van der Waals surface area contributed by atoms with Gasteiger partial charge in [0.05, 0.1) is 18.9 Å². The van der Waals surface area contributed by atoms with Crippen LogP contribution in [0.15, 0.2) is 5.38 Å². The van der Waals surface area contributed by atoms with Crippen LogP contribution in [0, 0.1) is 0 Å². The van der Waals surface area contributed by atoms with E-state index in [0.29, 0.717) is 6.61 Å². The molecule has 0 spiro atoms. The fraction of sp³-hybridized carbons (Fsp3) is 0.667. The Morgan fingerprint density at radius 3 is 3.00 bits per heavy atom. The van der Waals surface area contributed by atoms with Gasteiger partial charge < -0.3 is 14.8 Å². The monoisotopic (exact) mass is 216 g/mol. The third-order valence-corrected chi connectivity index (χ3v) is 2.53. The molecule has 0 aliphatic carbocycles. The van der Waals surface area contributed by atoms with E-state index in [4.69, 9.17) is 9.47 Å². The van der Waals surface area contributed by atoms with Crippen LogP contribution in [-0.4, -0.2) is 32.4 Å². The molecule has 0 aliphatic heterocycles. The Labute approximate surface area is 88.3 Å². The normalized spacial score (nSPS) is 10.7. The number of methoxy groups -OCH3 is 2. The highest BCUT2D eigenvalue weighted by molar-refractivity contribution is 7.09. The molecule has 0 radical (unpaired) electrons. The maximum absolute atomic E-state index is 4.99. The molecule has 0 aliphatic rings. The third-order valence-electron chi connectivity index (χ3n) is 1.66. The highest BCUT2D eigenvalue weighted by Crippen LogP contribution is 2.09. The van der Waals surface area contributed by atoms with Gasteiger partial charge >= 0.3 is 0 Å². The summed E-state index contributed by atoms with van der Waals surface area (Å²) in [6, 6.07) is 0. The minimum absolute atomic E-state index is 0.600. The van der Waals surface area contributed by atoms with E-state index in [-0.39, 0.29) is 0 Å². The first-order valence-corrected chi connectivity index (χ1v) is 5.36. The molecular weight excluding hydrogens is 200 g/mol. The molecule has 1 N–H and O–H groups in total. The molecule has 0 atom stereocenters. The molecule has 0 bridgehead atoms. The average Bonchev–Trinajstić information content (AvgIpc) is 2.61. The van der Waals surface area contributed by atoms with Gasteiger partial charge in [-0.3, -0.25) is 0 Å². The molecule has 0 saturated heterocycles. The Hall–Kier alpha value is -0.490. The summed E-state index contributed by atoms with van der Waals surface area (Å²) >= 11 is 1.63. The largest absolute Gasteiger partial charge is 0.383 e. The molecule has 14 heavy (non-hydrogen) atoms. The minimum Gasteiger partial charge on any atom is -0.383 e. The first-order valence-electron chi connectivity index (χ1n) is 4.48. The summed E-state index contributed by atoms with van der Waals surface area (Å²) in [5.74, 6) is 0. The van der Waals surface area contributed by atoms with E-state index >= 15 is 0 Å². The SMILES string of the molecule is COCCNCc1csc(COC)n1. The van der Waals surface area contributed by atoms with Gasteiger partial charge in [0.2, 0.25) is 0 Å². The van der Waals surface area contributed by atoms with Crippen molar-refractivity contribution in [1.82, 2.24) is 10.3 Å². The Morgan fingerprint density at radius 1 is 1.43 bits per heavy atom. The van der Waals surface area contributed by atoms with Crippen molar-refractivity contribution < 1.29 is 9.47 Å². The quantitative estimate of drug-likeness (QED) is 0.691. The second-order valence-electron chi connectivity index (χ2n) is 2.84. The molecule has 5 heteroatoms. The van der Waals surface area contributed by atoms with Crippen LogP contribution in [0.1, 0.15) is 10.7 Å². The van der Waals surface area contributed by atoms with Crippen LogP contribution in [0.3, 0.4) is 0 Å². The summed E-state index contributed by atoms with van der Waals surface area (Å²) in [6.07, 6.45) is 0. The summed E-state index contributed by atoms with van der Waals surface area (Å²) in [5, 5.41) is 6.31. The van der Waals surface area contributed by atoms with E-state index in [0.717, 1.165) is 30.4 Å². The molecule has 4 nitrogen and oxygen atoms in total. The van der Waals surface area contributed by atoms with Crippen molar-refractivity contribution >= 4 is 11.3 Å². The lowest BCUT2D eigenvalue weighted by atomic mass is 10.5. The second-order valence-corrected chi connectivity index (χ2v) is 3.78. The fourth-order valence-electron chi connectivity index (χ4n) is 1.01. The number of hydrogen-bond acceptors (Lipinski definition) is 5. The van der Waals surface area contributed by atoms with Gasteiger partial charge in [0.25, 0.3) is 0 Å². The molecule has 1 heterocycles. The molecule has 0 saturated carbocycles. The van der Waals surface area contributed by atoms with Gasteiger partial charge in [0.15, 0.2) is 0 Å². The molecule has 80 valence electrons. The zero-order chi connectivity index (χ0) is 10.2. The molecule has 0 amide bonds. The van der Waals surface area contributed by atoms with E-state index < -0.39 is 0 Å². The van der Waals surface area contributed by atoms with Crippen molar-refractivity contribution in [2.75, 3.05) is 27.4 Å². The summed E-state index contributed by atoms with van der Waals surface area (Å²) in [7, 11) is 3.37. The smallest absolute Gasteiger partial charge is 0.119 e. The third kappa shape index (κ3) is 4.15. The lowest BCUT2D eigenvalue weighted by molar-refractivity contribution is 0.184. The van der Waals surface area contributed by atoms with E-state index in [1.807, 2.05) is 5.38 Å². The maximum atomic E-state index is 4.99. The number of nitrogens with zero attached hydrogens (tertiary/aromatic N) is 1. The Bertz CT molecular complexity index is 253. The van der Waals surface area contributed by atoms with E-state index in [2.05, 4.69) is 10.3 Å². The summed E-state index contributed by atoms with van der Waals surface area (Å²) < 4.78 is 9.91. The van der Waals surface area contributed by atoms with Crippen molar-refractivity contribution in [3.63, 3.8) is 0 Å². The molecule has 1 rings (SSSR count). The zero-order valence-electron chi connectivity index (χ0n) is 8.58. The van der Waals surface area contributed by atoms with Gasteiger partial charge in [-0.1, -0.05) is 0 Å². The predicted molar refractivity (Wildman–Crippen MR) is 56.4 cm³/mol. The molecule has 1 aromatic heterocycles. The van der Waals surface area contributed by atoms with E-state index in [1.54, 1.807) is 25.6 Å². The van der Waals surface area contributed by atoms with Gasteiger partial charge in [-0.2, -0.15) is 0 Å². The van der Waals surface area contributed by atoms with Gasteiger partial charge in [-0.15, -0.1) is 11.3 Å². The fourth-order valence-corrected chi connectivity index (χ4v) is 1.77. The Kier molecular flexibility index (Phi) is 5.70. The van der Waals surface area contributed by atoms with Crippen molar-refractivity contribution in [3.05, 3.63) is 16.1 Å². The summed E-state index contributed by atoms with van der Waals surface area (Å²) in [6.45, 7) is 2.98. The number of thiazole rings is 1. The predicted octanol–water partition coefficient (Wildman–Crippen LogP) is 1.03. The first kappa shape index (κ1) is 11.6. The van der Waals surface area contributed by atoms with Crippen LogP contribution >= 0.6 is 11.3 Å². The van der Waals surface area contributed by atoms with E-state index in [9.17, 15) is 0 Å². The topological polar surface area (TPSA) is 43.4 Å². The molecule has 0 aromatic carbocycles. The summed E-state index contributed by atoms with van der Waals surface area (Å²) in [5.41, 5.74) is 1.07. The van der Waals surface area contributed by atoms with Crippen LogP contribution in [0.5, 0.6) is 0 Å². The van der Waals surface area contributed by atoms with Crippen LogP contribution in [0.25, 0.3) is 0 Å². The molecule has 1 aromatic rings. The van der Waals surface area contributed by atoms with Gasteiger partial charge in [-0.05, 0) is 0 Å². The number of aromatic nitrogens is 1. The standard InChI is InChI=1S/C9H16N2O2S/c1-12-4-3-10-5-8-7-14-9(11-8)6-13-2/h7,10H,3-6H2,1-2H3. The molecule has 0 unspecified atom stereocenters. The zero-order valence-corrected chi connectivity index (χ0v) is 9.39. The van der Waals surface area contributed by atoms with Crippen LogP contribution in [0.2, 0.25) is 0 Å². The first-order chi connectivity index (χ1) is 6.86. The van der Waals surface area contributed by atoms with Gasteiger partial charge in [0, 0.05) is 32.7 Å². The maximum Gasteiger partial charge on any atom is 0.119 e. The molecular formula is C9H16N2O2S. The lowest BCUT2D eigenvalue weighted by Crippen LogP contribution is -2.18. The van der Waals surface area contributed by atoms with Crippen molar-refractivity contribution in [2.24, 2.45) is 0 Å². The van der Waals surface area contributed by atoms with E-state index in [1.165, 1.54) is 0 Å². The van der Waals surface area contributed by atoms with Crippen molar-refractivity contribution in [3.8, 4) is 0 Å². The lowest BCUT2D eigenvalue weighted by Gasteiger charge is -2.00. The number of nitrogens with one attached hydrogen (secondary N) is 1. The number of ether oxygens (including phenoxy) is 2. The van der Waals surface area contributed by atoms with Gasteiger partial charge in [0.1, 0.15) is 5.01 Å². The Morgan fingerprint density at radius 2 is 2.29 bits per heavy atom. The number of rotatable bonds is 7. The summed E-state index contributed by atoms with van der Waals surface area (Å²) in [4.78, 5) is 4.39. The highest BCUT2D eigenvalue weighted by atomic mass is 32.1. The number of hydrogen-bond donors (Lipinski definition) is 1. The van der Waals surface area contributed by atoms with Crippen LogP contribution in [-0.2, 0) is 22.6 Å². The van der Waals surface area contributed by atoms with Crippen LogP contribution < -0.4 is 5.32 Å².